The lowest BCUT2D eigenvalue weighted by atomic mass is 9.98. The second kappa shape index (κ2) is 10.0. The van der Waals surface area contributed by atoms with E-state index in [0.717, 1.165) is 37.9 Å². The number of likely N-dealkylation sites (N-methyl/N-ethyl adjacent to an activating group) is 1. The summed E-state index contributed by atoms with van der Waals surface area (Å²) in [7, 11) is 1.53. The number of aryl methyl sites for hydroxylation is 1. The van der Waals surface area contributed by atoms with Crippen LogP contribution in [0.1, 0.15) is 49.2 Å². The molecular weight excluding hydrogens is 425 g/mol. The number of ether oxygens (including phenoxy) is 2. The number of hydrazine groups is 1. The highest BCUT2D eigenvalue weighted by Gasteiger charge is 2.33. The van der Waals surface area contributed by atoms with Gasteiger partial charge in [-0.3, -0.25) is 0 Å². The summed E-state index contributed by atoms with van der Waals surface area (Å²) >= 11 is 0. The highest BCUT2D eigenvalue weighted by molar-refractivity contribution is 5.63. The second-order valence-corrected chi connectivity index (χ2v) is 7.64. The number of aromatic nitrogens is 3. The molecule has 8 nitrogen and oxygen atoms in total. The third kappa shape index (κ3) is 6.00. The van der Waals surface area contributed by atoms with E-state index in [9.17, 15) is 13.2 Å². The molecule has 1 aliphatic carbocycles. The molecule has 0 unspecified atom stereocenters. The third-order valence-corrected chi connectivity index (χ3v) is 5.16. The molecule has 0 bridgehead atoms. The molecule has 0 radical (unpaired) electrons. The van der Waals surface area contributed by atoms with Crippen LogP contribution in [-0.4, -0.2) is 39.7 Å². The van der Waals surface area contributed by atoms with Crippen LogP contribution >= 0.6 is 0 Å². The number of rotatable bonds is 7. The predicted octanol–water partition coefficient (Wildman–Crippen LogP) is 3.42. The maximum absolute atomic E-state index is 12.8. The fourth-order valence-corrected chi connectivity index (χ4v) is 3.40. The molecular formula is C21H27F3N6O2. The van der Waals surface area contributed by atoms with Crippen molar-refractivity contribution in [2.75, 3.05) is 13.7 Å². The van der Waals surface area contributed by atoms with Crippen LogP contribution in [0.15, 0.2) is 30.1 Å². The molecule has 32 heavy (non-hydrogen) atoms. The molecule has 2 aromatic heterocycles. The quantitative estimate of drug-likeness (QED) is 0.485. The van der Waals surface area contributed by atoms with E-state index in [1.807, 2.05) is 13.0 Å². The van der Waals surface area contributed by atoms with E-state index in [1.54, 1.807) is 6.07 Å². The fourth-order valence-electron chi connectivity index (χ4n) is 3.40. The van der Waals surface area contributed by atoms with Crippen LogP contribution in [-0.2, 0) is 6.18 Å². The number of nitrogens with two attached hydrogens (primary N) is 2. The maximum atomic E-state index is 12.8. The molecule has 1 aliphatic rings. The van der Waals surface area contributed by atoms with Crippen molar-refractivity contribution in [3.05, 3.63) is 47.2 Å². The smallest absolute Gasteiger partial charge is 0.433 e. The zero-order valence-corrected chi connectivity index (χ0v) is 18.0. The molecule has 1 fully saturated rings. The number of alkyl halides is 3. The third-order valence-electron chi connectivity index (χ3n) is 5.16. The van der Waals surface area contributed by atoms with E-state index in [1.165, 1.54) is 18.5 Å². The van der Waals surface area contributed by atoms with Crippen LogP contribution in [0.4, 0.5) is 13.2 Å². The Morgan fingerprint density at radius 2 is 1.88 bits per heavy atom. The van der Waals surface area contributed by atoms with Gasteiger partial charge in [0, 0.05) is 13.2 Å². The van der Waals surface area contributed by atoms with Crippen molar-refractivity contribution >= 4 is 5.70 Å². The summed E-state index contributed by atoms with van der Waals surface area (Å²) in [6.45, 7) is 1.58. The first-order valence-electron chi connectivity index (χ1n) is 10.3. The standard InChI is InChI=1S/C21H27F3N6O2/c1-13-17(32-14-6-4-3-5-7-14)9-8-15(28-13)19(25)16(30(2)26)12-31-20-27-11-10-18(29-20)21(22,23)24/h8-11,14H,3-7,12,25-26H2,1-2H3/b19-16-. The highest BCUT2D eigenvalue weighted by Crippen LogP contribution is 2.28. The van der Waals surface area contributed by atoms with Crippen molar-refractivity contribution in [2.45, 2.75) is 51.3 Å². The predicted molar refractivity (Wildman–Crippen MR) is 112 cm³/mol. The Kier molecular flexibility index (Phi) is 7.39. The van der Waals surface area contributed by atoms with Crippen LogP contribution < -0.4 is 21.1 Å². The molecule has 3 rings (SSSR count). The first kappa shape index (κ1) is 23.6. The summed E-state index contributed by atoms with van der Waals surface area (Å²) in [6, 6.07) is 3.85. The van der Waals surface area contributed by atoms with Gasteiger partial charge in [0.1, 0.15) is 12.4 Å². The number of halogens is 3. The molecule has 2 aromatic rings. The largest absolute Gasteiger partial charge is 0.489 e. The molecule has 2 heterocycles. The van der Waals surface area contributed by atoms with Crippen LogP contribution in [0.2, 0.25) is 0 Å². The summed E-state index contributed by atoms with van der Waals surface area (Å²) in [4.78, 5) is 11.6. The van der Waals surface area contributed by atoms with Crippen LogP contribution in [0.25, 0.3) is 5.70 Å². The molecule has 4 N–H and O–H groups in total. The molecule has 0 spiro atoms. The summed E-state index contributed by atoms with van der Waals surface area (Å²) in [5.74, 6) is 6.57. The van der Waals surface area contributed by atoms with E-state index in [-0.39, 0.29) is 18.4 Å². The van der Waals surface area contributed by atoms with Crippen molar-refractivity contribution in [1.82, 2.24) is 20.0 Å². The number of hydrogen-bond donors (Lipinski definition) is 2. The topological polar surface area (TPSA) is 112 Å². The molecule has 174 valence electrons. The van der Waals surface area contributed by atoms with E-state index in [0.29, 0.717) is 22.8 Å². The van der Waals surface area contributed by atoms with Crippen molar-refractivity contribution in [1.29, 1.82) is 0 Å². The van der Waals surface area contributed by atoms with Crippen LogP contribution in [0, 0.1) is 6.92 Å². The monoisotopic (exact) mass is 452 g/mol. The molecule has 0 aliphatic heterocycles. The molecule has 0 aromatic carbocycles. The minimum atomic E-state index is -4.60. The maximum Gasteiger partial charge on any atom is 0.433 e. The van der Waals surface area contributed by atoms with Gasteiger partial charge in [0.2, 0.25) is 0 Å². The number of pyridine rings is 1. The second-order valence-electron chi connectivity index (χ2n) is 7.64. The van der Waals surface area contributed by atoms with Gasteiger partial charge >= 0.3 is 12.2 Å². The van der Waals surface area contributed by atoms with Gasteiger partial charge in [-0.25, -0.2) is 15.8 Å². The summed E-state index contributed by atoms with van der Waals surface area (Å²) in [6.07, 6.45) is 2.17. The fraction of sp³-hybridized carbons (Fsp3) is 0.476. The van der Waals surface area contributed by atoms with Gasteiger partial charge in [-0.1, -0.05) is 6.42 Å². The molecule has 11 heteroatoms. The van der Waals surface area contributed by atoms with E-state index in [4.69, 9.17) is 21.1 Å². The van der Waals surface area contributed by atoms with Gasteiger partial charge in [-0.15, -0.1) is 0 Å². The van der Waals surface area contributed by atoms with Gasteiger partial charge in [0.05, 0.1) is 28.9 Å². The van der Waals surface area contributed by atoms with Crippen molar-refractivity contribution < 1.29 is 22.6 Å². The lowest BCUT2D eigenvalue weighted by molar-refractivity contribution is -0.141. The van der Waals surface area contributed by atoms with Gasteiger partial charge in [-0.05, 0) is 50.8 Å². The van der Waals surface area contributed by atoms with E-state index in [2.05, 4.69) is 15.0 Å². The normalized spacial score (nSPS) is 15.8. The lowest BCUT2D eigenvalue weighted by Crippen LogP contribution is -2.31. The lowest BCUT2D eigenvalue weighted by Gasteiger charge is -2.24. The molecule has 0 saturated heterocycles. The minimum Gasteiger partial charge on any atom is -0.489 e. The van der Waals surface area contributed by atoms with Gasteiger partial charge in [0.25, 0.3) is 0 Å². The Labute approximate surface area is 184 Å². The summed E-state index contributed by atoms with van der Waals surface area (Å²) < 4.78 is 49.9. The Morgan fingerprint density at radius 1 is 1.16 bits per heavy atom. The first-order valence-corrected chi connectivity index (χ1v) is 10.3. The average Bonchev–Trinajstić information content (AvgIpc) is 2.75. The van der Waals surface area contributed by atoms with Crippen molar-refractivity contribution in [2.24, 2.45) is 11.6 Å². The van der Waals surface area contributed by atoms with Gasteiger partial charge in [-0.2, -0.15) is 18.2 Å². The molecule has 0 atom stereocenters. The zero-order chi connectivity index (χ0) is 23.3. The van der Waals surface area contributed by atoms with Crippen molar-refractivity contribution in [3.8, 4) is 11.8 Å². The molecule has 1 saturated carbocycles. The van der Waals surface area contributed by atoms with E-state index >= 15 is 0 Å². The average molecular weight is 452 g/mol. The van der Waals surface area contributed by atoms with E-state index < -0.39 is 17.9 Å². The Morgan fingerprint density at radius 3 is 2.50 bits per heavy atom. The van der Waals surface area contributed by atoms with Gasteiger partial charge < -0.3 is 20.2 Å². The Bertz CT molecular complexity index is 959. The highest BCUT2D eigenvalue weighted by atomic mass is 19.4. The zero-order valence-electron chi connectivity index (χ0n) is 18.0. The summed E-state index contributed by atoms with van der Waals surface area (Å²) in [5, 5.41) is 1.21. The first-order chi connectivity index (χ1) is 15.1. The van der Waals surface area contributed by atoms with Crippen LogP contribution in [0.5, 0.6) is 11.8 Å². The molecule has 0 amide bonds. The number of nitrogens with zero attached hydrogens (tertiary/aromatic N) is 4. The number of hydrogen-bond acceptors (Lipinski definition) is 8. The Hall–Kier alpha value is -3.08. The van der Waals surface area contributed by atoms with Crippen molar-refractivity contribution in [3.63, 3.8) is 0 Å². The summed E-state index contributed by atoms with van der Waals surface area (Å²) in [5.41, 5.74) is 6.80. The Balaban J connectivity index is 1.76. The van der Waals surface area contributed by atoms with Gasteiger partial charge in [0.15, 0.2) is 5.69 Å². The SMILES string of the molecule is Cc1nc(/C(N)=C(\COc2nccc(C(F)(F)F)n2)N(C)N)ccc1OC1CCCCC1. The van der Waals surface area contributed by atoms with Crippen LogP contribution in [0.3, 0.4) is 0 Å². The minimum absolute atomic E-state index is 0.189.